The van der Waals surface area contributed by atoms with Crippen LogP contribution in [0.4, 0.5) is 16.0 Å². The van der Waals surface area contributed by atoms with Crippen molar-refractivity contribution in [1.82, 2.24) is 20.6 Å². The van der Waals surface area contributed by atoms with Crippen LogP contribution in [-0.4, -0.2) is 55.7 Å². The van der Waals surface area contributed by atoms with Gasteiger partial charge in [-0.05, 0) is 43.2 Å². The summed E-state index contributed by atoms with van der Waals surface area (Å²) in [6.07, 6.45) is 4.33. The van der Waals surface area contributed by atoms with Gasteiger partial charge in [0.05, 0.1) is 6.54 Å². The number of hydrogen-bond acceptors (Lipinski definition) is 5. The molecule has 0 bridgehead atoms. The molecule has 2 N–H and O–H groups in total. The van der Waals surface area contributed by atoms with Gasteiger partial charge in [-0.3, -0.25) is 0 Å². The summed E-state index contributed by atoms with van der Waals surface area (Å²) in [6.45, 7) is 4.83. The second-order valence-electron chi connectivity index (χ2n) is 7.00. The zero-order chi connectivity index (χ0) is 19.9. The molecule has 0 aromatic carbocycles. The van der Waals surface area contributed by atoms with Crippen LogP contribution in [0.1, 0.15) is 18.9 Å². The summed E-state index contributed by atoms with van der Waals surface area (Å²) in [7, 11) is 3.94. The molecule has 158 valence electrons. The molecule has 1 atom stereocenters. The minimum atomic E-state index is -0.280. The summed E-state index contributed by atoms with van der Waals surface area (Å²) in [4.78, 5) is 17.2. The van der Waals surface area contributed by atoms with Crippen LogP contribution in [0.3, 0.4) is 0 Å². The molecule has 9 heteroatoms. The predicted molar refractivity (Wildman–Crippen MR) is 127 cm³/mol. The van der Waals surface area contributed by atoms with Gasteiger partial charge in [0, 0.05) is 52.2 Å². The summed E-state index contributed by atoms with van der Waals surface area (Å²) in [6, 6.07) is 7.26. The van der Waals surface area contributed by atoms with Crippen LogP contribution in [0, 0.1) is 5.82 Å². The van der Waals surface area contributed by atoms with Gasteiger partial charge in [-0.15, -0.1) is 24.0 Å². The Morgan fingerprint density at radius 2 is 2.14 bits per heavy atom. The number of aliphatic imine (C=N–C) groups is 1. The zero-order valence-corrected chi connectivity index (χ0v) is 19.4. The molecule has 1 fully saturated rings. The standard InChI is InChI=1S/C20H28FN7.HI/c1-4-22-20(25-13-15-7-10-23-18(12-15)27(2)3)26-16-8-11-28(14-16)19-17(21)6-5-9-24-19;/h5-7,9-10,12,16H,4,8,11,13-14H2,1-3H3,(H2,22,25,26);1H. The van der Waals surface area contributed by atoms with E-state index >= 15 is 0 Å². The molecular weight excluding hydrogens is 484 g/mol. The fraction of sp³-hybridized carbons (Fsp3) is 0.450. The number of halogens is 2. The van der Waals surface area contributed by atoms with Crippen molar-refractivity contribution >= 4 is 41.6 Å². The summed E-state index contributed by atoms with van der Waals surface area (Å²) in [5.74, 6) is 1.81. The van der Waals surface area contributed by atoms with E-state index in [1.165, 1.54) is 6.07 Å². The number of pyridine rings is 2. The Labute approximate surface area is 188 Å². The smallest absolute Gasteiger partial charge is 0.191 e. The molecule has 1 saturated heterocycles. The Bertz CT molecular complexity index is 815. The van der Waals surface area contributed by atoms with Crippen molar-refractivity contribution < 1.29 is 4.39 Å². The molecule has 1 unspecified atom stereocenters. The van der Waals surface area contributed by atoms with E-state index in [-0.39, 0.29) is 35.8 Å². The first kappa shape index (κ1) is 23.1. The first-order valence-electron chi connectivity index (χ1n) is 9.59. The van der Waals surface area contributed by atoms with Gasteiger partial charge in [0.1, 0.15) is 5.82 Å². The topological polar surface area (TPSA) is 68.7 Å². The van der Waals surface area contributed by atoms with Gasteiger partial charge < -0.3 is 20.4 Å². The molecule has 29 heavy (non-hydrogen) atoms. The van der Waals surface area contributed by atoms with E-state index in [4.69, 9.17) is 4.99 Å². The van der Waals surface area contributed by atoms with Gasteiger partial charge in [0.25, 0.3) is 0 Å². The molecule has 2 aromatic heterocycles. The molecule has 3 heterocycles. The molecule has 0 amide bonds. The van der Waals surface area contributed by atoms with Crippen molar-refractivity contribution in [2.75, 3.05) is 43.5 Å². The van der Waals surface area contributed by atoms with E-state index in [0.29, 0.717) is 18.9 Å². The van der Waals surface area contributed by atoms with Crippen LogP contribution in [0.25, 0.3) is 0 Å². The summed E-state index contributed by atoms with van der Waals surface area (Å²) >= 11 is 0. The molecule has 3 rings (SSSR count). The van der Waals surface area contributed by atoms with Gasteiger partial charge >= 0.3 is 0 Å². The number of anilines is 2. The van der Waals surface area contributed by atoms with Crippen molar-refractivity contribution in [3.8, 4) is 0 Å². The fourth-order valence-corrected chi connectivity index (χ4v) is 3.17. The number of aromatic nitrogens is 2. The minimum Gasteiger partial charge on any atom is -0.363 e. The van der Waals surface area contributed by atoms with Gasteiger partial charge in [-0.1, -0.05) is 0 Å². The largest absolute Gasteiger partial charge is 0.363 e. The van der Waals surface area contributed by atoms with E-state index in [2.05, 4.69) is 20.6 Å². The monoisotopic (exact) mass is 513 g/mol. The van der Waals surface area contributed by atoms with Crippen LogP contribution in [0.2, 0.25) is 0 Å². The molecule has 7 nitrogen and oxygen atoms in total. The van der Waals surface area contributed by atoms with Gasteiger partial charge in [0.2, 0.25) is 0 Å². The quantitative estimate of drug-likeness (QED) is 0.352. The van der Waals surface area contributed by atoms with Crippen molar-refractivity contribution in [2.45, 2.75) is 25.9 Å². The second kappa shape index (κ2) is 11.1. The lowest BCUT2D eigenvalue weighted by molar-refractivity contribution is 0.612. The van der Waals surface area contributed by atoms with Crippen molar-refractivity contribution in [2.24, 2.45) is 4.99 Å². The maximum absolute atomic E-state index is 14.0. The predicted octanol–water partition coefficient (Wildman–Crippen LogP) is 2.63. The highest BCUT2D eigenvalue weighted by molar-refractivity contribution is 14.0. The molecule has 0 aliphatic carbocycles. The third-order valence-electron chi connectivity index (χ3n) is 4.60. The van der Waals surface area contributed by atoms with Crippen LogP contribution in [-0.2, 0) is 6.54 Å². The van der Waals surface area contributed by atoms with Gasteiger partial charge in [-0.2, -0.15) is 0 Å². The number of nitrogens with zero attached hydrogens (tertiary/aromatic N) is 5. The number of nitrogens with one attached hydrogen (secondary N) is 2. The Morgan fingerprint density at radius 3 is 2.86 bits per heavy atom. The number of guanidine groups is 1. The molecule has 0 radical (unpaired) electrons. The molecule has 1 aliphatic rings. The fourth-order valence-electron chi connectivity index (χ4n) is 3.17. The highest BCUT2D eigenvalue weighted by Crippen LogP contribution is 2.20. The van der Waals surface area contributed by atoms with Crippen LogP contribution in [0.15, 0.2) is 41.7 Å². The van der Waals surface area contributed by atoms with Crippen LogP contribution in [0.5, 0.6) is 0 Å². The molecule has 0 saturated carbocycles. The van der Waals surface area contributed by atoms with E-state index < -0.39 is 0 Å². The average molecular weight is 513 g/mol. The van der Waals surface area contributed by atoms with E-state index in [1.807, 2.05) is 43.0 Å². The molecule has 2 aromatic rings. The maximum Gasteiger partial charge on any atom is 0.191 e. The Balaban J connectivity index is 0.00000300. The first-order chi connectivity index (χ1) is 13.6. The molecule has 1 aliphatic heterocycles. The lowest BCUT2D eigenvalue weighted by Gasteiger charge is -2.20. The highest BCUT2D eigenvalue weighted by Gasteiger charge is 2.25. The lowest BCUT2D eigenvalue weighted by Crippen LogP contribution is -2.44. The van der Waals surface area contributed by atoms with E-state index in [9.17, 15) is 4.39 Å². The van der Waals surface area contributed by atoms with Gasteiger partial charge in [-0.25, -0.2) is 19.4 Å². The summed E-state index contributed by atoms with van der Waals surface area (Å²) < 4.78 is 14.0. The van der Waals surface area contributed by atoms with Crippen LogP contribution < -0.4 is 20.4 Å². The van der Waals surface area contributed by atoms with E-state index in [1.54, 1.807) is 18.5 Å². The second-order valence-corrected chi connectivity index (χ2v) is 7.00. The van der Waals surface area contributed by atoms with E-state index in [0.717, 1.165) is 36.9 Å². The first-order valence-corrected chi connectivity index (χ1v) is 9.59. The number of rotatable bonds is 6. The maximum atomic E-state index is 14.0. The third-order valence-corrected chi connectivity index (χ3v) is 4.60. The summed E-state index contributed by atoms with van der Waals surface area (Å²) in [5, 5.41) is 6.75. The number of hydrogen-bond donors (Lipinski definition) is 2. The highest BCUT2D eigenvalue weighted by atomic mass is 127. The van der Waals surface area contributed by atoms with Crippen LogP contribution >= 0.6 is 24.0 Å². The normalized spacial score (nSPS) is 16.3. The summed E-state index contributed by atoms with van der Waals surface area (Å²) in [5.41, 5.74) is 1.10. The Kier molecular flexibility index (Phi) is 8.87. The average Bonchev–Trinajstić information content (AvgIpc) is 3.15. The Morgan fingerprint density at radius 1 is 1.31 bits per heavy atom. The SMILES string of the molecule is CCNC(=NCc1ccnc(N(C)C)c1)NC1CCN(c2ncccc2F)C1.I. The molecule has 0 spiro atoms. The zero-order valence-electron chi connectivity index (χ0n) is 17.1. The van der Waals surface area contributed by atoms with Crippen molar-refractivity contribution in [3.05, 3.63) is 48.0 Å². The van der Waals surface area contributed by atoms with Crippen molar-refractivity contribution in [3.63, 3.8) is 0 Å². The Hall–Kier alpha value is -2.17. The van der Waals surface area contributed by atoms with Crippen molar-refractivity contribution in [1.29, 1.82) is 0 Å². The lowest BCUT2D eigenvalue weighted by atomic mass is 10.2. The molecular formula is C20H29FIN7. The third kappa shape index (κ3) is 6.41. The minimum absolute atomic E-state index is 0. The van der Waals surface area contributed by atoms with Gasteiger partial charge in [0.15, 0.2) is 17.6 Å².